The average molecular weight is 275 g/mol. The maximum absolute atomic E-state index is 12.0. The number of hydrogen-bond donors (Lipinski definition) is 0. The third kappa shape index (κ3) is 5.57. The Morgan fingerprint density at radius 1 is 1.15 bits per heavy atom. The summed E-state index contributed by atoms with van der Waals surface area (Å²) in [6, 6.07) is 9.86. The van der Waals surface area contributed by atoms with E-state index >= 15 is 0 Å². The summed E-state index contributed by atoms with van der Waals surface area (Å²) in [5.41, 5.74) is 1.75. The lowest BCUT2D eigenvalue weighted by atomic mass is 10.1. The van der Waals surface area contributed by atoms with Gasteiger partial charge < -0.3 is 9.64 Å². The summed E-state index contributed by atoms with van der Waals surface area (Å²) in [4.78, 5) is 14.3. The van der Waals surface area contributed by atoms with Gasteiger partial charge in [0.2, 0.25) is 0 Å². The molecule has 0 heterocycles. The van der Waals surface area contributed by atoms with E-state index in [2.05, 4.69) is 18.7 Å². The Morgan fingerprint density at radius 3 is 2.35 bits per heavy atom. The second-order valence-electron chi connectivity index (χ2n) is 4.60. The quantitative estimate of drug-likeness (QED) is 0.538. The molecule has 0 atom stereocenters. The van der Waals surface area contributed by atoms with E-state index in [-0.39, 0.29) is 5.97 Å². The number of carbonyl (C=O) groups excluding carboxylic acids is 1. The van der Waals surface area contributed by atoms with Gasteiger partial charge in [0, 0.05) is 12.1 Å². The van der Waals surface area contributed by atoms with Crippen molar-refractivity contribution in [1.29, 1.82) is 0 Å². The van der Waals surface area contributed by atoms with E-state index in [1.165, 1.54) is 0 Å². The van der Waals surface area contributed by atoms with Crippen molar-refractivity contribution in [2.45, 2.75) is 27.2 Å². The van der Waals surface area contributed by atoms with Crippen LogP contribution in [0.2, 0.25) is 0 Å². The van der Waals surface area contributed by atoms with Gasteiger partial charge in [-0.25, -0.2) is 4.79 Å². The average Bonchev–Trinajstić information content (AvgIpc) is 2.50. The van der Waals surface area contributed by atoms with Crippen LogP contribution in [0.25, 0.3) is 6.08 Å². The summed E-state index contributed by atoms with van der Waals surface area (Å²) in [7, 11) is 0. The van der Waals surface area contributed by atoms with Gasteiger partial charge in [0.1, 0.15) is 6.61 Å². The normalized spacial score (nSPS) is 11.7. The minimum atomic E-state index is -0.205. The lowest BCUT2D eigenvalue weighted by Crippen LogP contribution is -2.28. The molecule has 1 aromatic rings. The van der Waals surface area contributed by atoms with Gasteiger partial charge in [0.15, 0.2) is 0 Å². The molecule has 0 aliphatic rings. The third-order valence-electron chi connectivity index (χ3n) is 3.32. The smallest absolute Gasteiger partial charge is 0.334 e. The first-order valence-electron chi connectivity index (χ1n) is 7.36. The van der Waals surface area contributed by atoms with E-state index in [4.69, 9.17) is 4.74 Å². The highest BCUT2D eigenvalue weighted by molar-refractivity contribution is 5.93. The minimum absolute atomic E-state index is 0.205. The fraction of sp³-hybridized carbons (Fsp3) is 0.471. The molecule has 110 valence electrons. The van der Waals surface area contributed by atoms with Crippen LogP contribution < -0.4 is 0 Å². The van der Waals surface area contributed by atoms with E-state index in [1.807, 2.05) is 43.3 Å². The molecule has 3 heteroatoms. The molecule has 0 aliphatic carbocycles. The molecule has 0 aliphatic heterocycles. The van der Waals surface area contributed by atoms with Crippen LogP contribution in [0.5, 0.6) is 0 Å². The summed E-state index contributed by atoms with van der Waals surface area (Å²) in [6.07, 6.45) is 2.58. The van der Waals surface area contributed by atoms with Gasteiger partial charge in [-0.2, -0.15) is 0 Å². The molecule has 0 fully saturated rings. The first-order chi connectivity index (χ1) is 9.71. The Balaban J connectivity index is 2.53. The van der Waals surface area contributed by atoms with Crippen molar-refractivity contribution in [2.75, 3.05) is 26.2 Å². The second kappa shape index (κ2) is 9.32. The van der Waals surface area contributed by atoms with Crippen LogP contribution in [0.4, 0.5) is 0 Å². The lowest BCUT2D eigenvalue weighted by molar-refractivity contribution is -0.139. The predicted molar refractivity (Wildman–Crippen MR) is 83.5 cm³/mol. The number of nitrogens with zero attached hydrogens (tertiary/aromatic N) is 1. The van der Waals surface area contributed by atoms with Gasteiger partial charge in [-0.15, -0.1) is 0 Å². The zero-order valence-corrected chi connectivity index (χ0v) is 12.8. The number of carbonyl (C=O) groups is 1. The molecule has 0 radical (unpaired) electrons. The van der Waals surface area contributed by atoms with Crippen molar-refractivity contribution in [3.05, 3.63) is 41.5 Å². The first-order valence-corrected chi connectivity index (χ1v) is 7.36. The van der Waals surface area contributed by atoms with E-state index in [9.17, 15) is 4.79 Å². The highest BCUT2D eigenvalue weighted by Crippen LogP contribution is 2.11. The maximum Gasteiger partial charge on any atom is 0.334 e. The number of ether oxygens (including phenoxy) is 1. The highest BCUT2D eigenvalue weighted by atomic mass is 16.5. The molecule has 0 amide bonds. The van der Waals surface area contributed by atoms with E-state index in [0.29, 0.717) is 13.0 Å². The van der Waals surface area contributed by atoms with E-state index < -0.39 is 0 Å². The number of benzene rings is 1. The Bertz CT molecular complexity index is 422. The topological polar surface area (TPSA) is 29.5 Å². The Kier molecular flexibility index (Phi) is 7.66. The summed E-state index contributed by atoms with van der Waals surface area (Å²) < 4.78 is 5.35. The SMILES string of the molecule is CC/C(=C/c1ccccc1)C(=O)OCCN(CC)CC. The fourth-order valence-electron chi connectivity index (χ4n) is 1.96. The molecule has 1 aromatic carbocycles. The molecule has 0 saturated carbocycles. The number of rotatable bonds is 8. The molecule has 0 spiro atoms. The maximum atomic E-state index is 12.0. The van der Waals surface area contributed by atoms with Crippen LogP contribution in [0, 0.1) is 0 Å². The standard InChI is InChI=1S/C17H25NO2/c1-4-16(14-15-10-8-7-9-11-15)17(19)20-13-12-18(5-2)6-3/h7-11,14H,4-6,12-13H2,1-3H3/b16-14-. The fourth-order valence-corrected chi connectivity index (χ4v) is 1.96. The number of hydrogen-bond acceptors (Lipinski definition) is 3. The molecule has 20 heavy (non-hydrogen) atoms. The molecule has 0 N–H and O–H groups in total. The van der Waals surface area contributed by atoms with Gasteiger partial charge in [0.05, 0.1) is 0 Å². The minimum Gasteiger partial charge on any atom is -0.461 e. The van der Waals surface area contributed by atoms with Crippen LogP contribution in [0.3, 0.4) is 0 Å². The summed E-state index contributed by atoms with van der Waals surface area (Å²) >= 11 is 0. The van der Waals surface area contributed by atoms with Crippen LogP contribution in [-0.2, 0) is 9.53 Å². The molecule has 0 aromatic heterocycles. The molecule has 1 rings (SSSR count). The van der Waals surface area contributed by atoms with Crippen molar-refractivity contribution in [3.63, 3.8) is 0 Å². The van der Waals surface area contributed by atoms with Gasteiger partial charge in [-0.1, -0.05) is 51.1 Å². The largest absolute Gasteiger partial charge is 0.461 e. The third-order valence-corrected chi connectivity index (χ3v) is 3.32. The van der Waals surface area contributed by atoms with Crippen LogP contribution in [-0.4, -0.2) is 37.1 Å². The molecule has 3 nitrogen and oxygen atoms in total. The van der Waals surface area contributed by atoms with Crippen molar-refractivity contribution >= 4 is 12.0 Å². The Hall–Kier alpha value is -1.61. The zero-order valence-electron chi connectivity index (χ0n) is 12.8. The molecule has 0 saturated heterocycles. The zero-order chi connectivity index (χ0) is 14.8. The monoisotopic (exact) mass is 275 g/mol. The first kappa shape index (κ1) is 16.4. The van der Waals surface area contributed by atoms with Crippen molar-refractivity contribution < 1.29 is 9.53 Å². The van der Waals surface area contributed by atoms with E-state index in [0.717, 1.165) is 30.8 Å². The van der Waals surface area contributed by atoms with Gasteiger partial charge in [-0.05, 0) is 31.1 Å². The Morgan fingerprint density at radius 2 is 1.80 bits per heavy atom. The molecule has 0 bridgehead atoms. The van der Waals surface area contributed by atoms with Gasteiger partial charge >= 0.3 is 5.97 Å². The Labute approximate surface area is 122 Å². The summed E-state index contributed by atoms with van der Waals surface area (Å²) in [5.74, 6) is -0.205. The van der Waals surface area contributed by atoms with Crippen molar-refractivity contribution in [3.8, 4) is 0 Å². The van der Waals surface area contributed by atoms with Crippen molar-refractivity contribution in [2.24, 2.45) is 0 Å². The lowest BCUT2D eigenvalue weighted by Gasteiger charge is -2.17. The highest BCUT2D eigenvalue weighted by Gasteiger charge is 2.09. The second-order valence-corrected chi connectivity index (χ2v) is 4.60. The summed E-state index contributed by atoms with van der Waals surface area (Å²) in [6.45, 7) is 9.40. The van der Waals surface area contributed by atoms with Gasteiger partial charge in [0.25, 0.3) is 0 Å². The van der Waals surface area contributed by atoms with Crippen LogP contribution in [0.1, 0.15) is 32.8 Å². The molecule has 0 unspecified atom stereocenters. The van der Waals surface area contributed by atoms with Crippen molar-refractivity contribution in [1.82, 2.24) is 4.90 Å². The predicted octanol–water partition coefficient (Wildman–Crippen LogP) is 3.37. The number of esters is 1. The van der Waals surface area contributed by atoms with Gasteiger partial charge in [-0.3, -0.25) is 0 Å². The van der Waals surface area contributed by atoms with Crippen LogP contribution in [0.15, 0.2) is 35.9 Å². The van der Waals surface area contributed by atoms with E-state index in [1.54, 1.807) is 0 Å². The van der Waals surface area contributed by atoms with Crippen LogP contribution >= 0.6 is 0 Å². The molecular weight excluding hydrogens is 250 g/mol. The summed E-state index contributed by atoms with van der Waals surface area (Å²) in [5, 5.41) is 0. The molecular formula is C17H25NO2. The number of likely N-dealkylation sites (N-methyl/N-ethyl adjacent to an activating group) is 1.